The molecule has 4 heterocycles. The van der Waals surface area contributed by atoms with Gasteiger partial charge in [0.2, 0.25) is 5.95 Å². The second kappa shape index (κ2) is 7.77. The topological polar surface area (TPSA) is 83.4 Å². The Morgan fingerprint density at radius 2 is 2.00 bits per heavy atom. The van der Waals surface area contributed by atoms with E-state index >= 15 is 0 Å². The monoisotopic (exact) mass is 440 g/mol. The van der Waals surface area contributed by atoms with Gasteiger partial charge in [-0.2, -0.15) is 0 Å². The Hall–Kier alpha value is -2.85. The summed E-state index contributed by atoms with van der Waals surface area (Å²) < 4.78 is 17.2. The lowest BCUT2D eigenvalue weighted by Gasteiger charge is -2.35. The number of aromatic nitrogens is 3. The summed E-state index contributed by atoms with van der Waals surface area (Å²) in [4.78, 5) is 28.7. The highest BCUT2D eigenvalue weighted by atomic mass is 32.2. The van der Waals surface area contributed by atoms with E-state index in [1.807, 2.05) is 29.2 Å². The molecule has 1 N–H and O–H groups in total. The molecule has 1 aromatic carbocycles. The van der Waals surface area contributed by atoms with E-state index in [2.05, 4.69) is 24.7 Å². The van der Waals surface area contributed by atoms with Gasteiger partial charge in [-0.05, 0) is 29.7 Å². The number of amides is 1. The second-order valence-corrected chi connectivity index (χ2v) is 9.27. The molecule has 3 aromatic rings. The summed E-state index contributed by atoms with van der Waals surface area (Å²) >= 11 is 3.00. The van der Waals surface area contributed by atoms with Crippen LogP contribution < -0.4 is 10.2 Å². The molecule has 10 heteroatoms. The zero-order valence-electron chi connectivity index (χ0n) is 15.7. The molecular weight excluding hydrogens is 423 g/mol. The van der Waals surface area contributed by atoms with Crippen LogP contribution in [-0.2, 0) is 4.75 Å². The average molecular weight is 441 g/mol. The number of benzene rings is 1. The van der Waals surface area contributed by atoms with Crippen molar-refractivity contribution in [3.05, 3.63) is 71.2 Å². The molecule has 0 spiro atoms. The van der Waals surface area contributed by atoms with Gasteiger partial charge in [-0.3, -0.25) is 9.79 Å². The number of rotatable bonds is 3. The number of halogens is 1. The van der Waals surface area contributed by atoms with Gasteiger partial charge in [-0.15, -0.1) is 0 Å². The van der Waals surface area contributed by atoms with Gasteiger partial charge in [0.1, 0.15) is 0 Å². The van der Waals surface area contributed by atoms with Crippen LogP contribution >= 0.6 is 23.3 Å². The van der Waals surface area contributed by atoms with Crippen molar-refractivity contribution in [2.45, 2.75) is 4.75 Å². The van der Waals surface area contributed by atoms with Crippen LogP contribution in [0.2, 0.25) is 0 Å². The van der Waals surface area contributed by atoms with Crippen molar-refractivity contribution in [1.82, 2.24) is 19.7 Å². The van der Waals surface area contributed by atoms with Gasteiger partial charge < -0.3 is 10.2 Å². The van der Waals surface area contributed by atoms with Crippen molar-refractivity contribution in [2.24, 2.45) is 10.9 Å². The van der Waals surface area contributed by atoms with E-state index in [-0.39, 0.29) is 16.6 Å². The first kappa shape index (κ1) is 19.1. The van der Waals surface area contributed by atoms with Gasteiger partial charge in [0, 0.05) is 42.2 Å². The normalized spacial score (nSPS) is 23.0. The van der Waals surface area contributed by atoms with Crippen LogP contribution in [0, 0.1) is 11.7 Å². The Kier molecular flexibility index (Phi) is 4.95. The molecule has 30 heavy (non-hydrogen) atoms. The Labute approximate surface area is 180 Å². The largest absolute Gasteiger partial charge is 0.339 e. The second-order valence-electron chi connectivity index (χ2n) is 7.11. The number of carbonyl (C=O) groups is 1. The highest BCUT2D eigenvalue weighted by Crippen LogP contribution is 2.52. The fourth-order valence-corrected chi connectivity index (χ4v) is 6.13. The van der Waals surface area contributed by atoms with E-state index in [1.165, 1.54) is 23.9 Å². The molecule has 2 aliphatic rings. The number of fused-ring (bicyclic) bond motifs is 1. The molecule has 5 rings (SSSR count). The number of hydrogen-bond acceptors (Lipinski definition) is 8. The van der Waals surface area contributed by atoms with Gasteiger partial charge in [0.05, 0.1) is 17.1 Å². The number of aliphatic imine (C=N–C) groups is 1. The zero-order valence-corrected chi connectivity index (χ0v) is 17.4. The van der Waals surface area contributed by atoms with E-state index in [1.54, 1.807) is 30.1 Å². The van der Waals surface area contributed by atoms with Crippen molar-refractivity contribution < 1.29 is 9.18 Å². The van der Waals surface area contributed by atoms with Crippen LogP contribution in [0.4, 0.5) is 10.3 Å². The summed E-state index contributed by atoms with van der Waals surface area (Å²) in [5.41, 5.74) is 0.586. The van der Waals surface area contributed by atoms with Gasteiger partial charge in [-0.25, -0.2) is 18.7 Å². The number of thioether (sulfide) groups is 1. The number of hydrogen-bond donors (Lipinski definition) is 1. The number of nitrogens with one attached hydrogen (secondary N) is 1. The molecule has 152 valence electrons. The summed E-state index contributed by atoms with van der Waals surface area (Å²) in [5.74, 6) is 0.0340. The van der Waals surface area contributed by atoms with Gasteiger partial charge >= 0.3 is 0 Å². The molecule has 2 aliphatic heterocycles. The maximum absolute atomic E-state index is 13.3. The molecule has 0 bridgehead atoms. The molecule has 1 fully saturated rings. The van der Waals surface area contributed by atoms with Crippen molar-refractivity contribution in [3.8, 4) is 0 Å². The molecule has 2 atom stereocenters. The molecule has 7 nitrogen and oxygen atoms in total. The van der Waals surface area contributed by atoms with E-state index in [0.717, 1.165) is 4.88 Å². The fraction of sp³-hybridized carbons (Fsp3) is 0.250. The minimum absolute atomic E-state index is 0.184. The molecule has 1 saturated heterocycles. The first-order valence-corrected chi connectivity index (χ1v) is 11.0. The van der Waals surface area contributed by atoms with Crippen LogP contribution in [0.15, 0.2) is 60.0 Å². The summed E-state index contributed by atoms with van der Waals surface area (Å²) in [5, 5.41) is 3.55. The molecule has 0 radical (unpaired) electrons. The van der Waals surface area contributed by atoms with Crippen molar-refractivity contribution in [3.63, 3.8) is 0 Å². The molecule has 0 saturated carbocycles. The van der Waals surface area contributed by atoms with Crippen LogP contribution in [0.1, 0.15) is 15.2 Å². The number of amidine groups is 1. The summed E-state index contributed by atoms with van der Waals surface area (Å²) in [6.07, 6.45) is 4.15. The lowest BCUT2D eigenvalue weighted by molar-refractivity contribution is 0.0977. The minimum Gasteiger partial charge on any atom is -0.339 e. The Balaban J connectivity index is 1.42. The van der Waals surface area contributed by atoms with E-state index in [0.29, 0.717) is 36.3 Å². The number of carbonyl (C=O) groups excluding carboxylic acids is 1. The first-order chi connectivity index (χ1) is 14.6. The Morgan fingerprint density at radius 1 is 1.20 bits per heavy atom. The van der Waals surface area contributed by atoms with Crippen LogP contribution in [0.5, 0.6) is 0 Å². The van der Waals surface area contributed by atoms with E-state index < -0.39 is 5.82 Å². The van der Waals surface area contributed by atoms with E-state index in [4.69, 9.17) is 0 Å². The molecule has 0 aliphatic carbocycles. The number of nitrogens with zero attached hydrogens (tertiary/aromatic N) is 5. The maximum Gasteiger partial charge on any atom is 0.257 e. The molecule has 0 unspecified atom stereocenters. The van der Waals surface area contributed by atoms with Crippen molar-refractivity contribution >= 4 is 40.3 Å². The third-order valence-electron chi connectivity index (χ3n) is 5.26. The molecular formula is C20H17FN6OS2. The SMILES string of the molecule is O=C(NC1=NC[C@H]2CN(c3ncc(F)cn3)C[C@]2(c2ccns2)S1)c1ccccc1. The van der Waals surface area contributed by atoms with Gasteiger partial charge in [0.25, 0.3) is 5.91 Å². The van der Waals surface area contributed by atoms with Crippen molar-refractivity contribution in [1.29, 1.82) is 0 Å². The lowest BCUT2D eigenvalue weighted by Crippen LogP contribution is -2.42. The van der Waals surface area contributed by atoms with Crippen LogP contribution in [0.3, 0.4) is 0 Å². The zero-order chi connectivity index (χ0) is 20.6. The summed E-state index contributed by atoms with van der Waals surface area (Å²) in [7, 11) is 0. The number of anilines is 1. The summed E-state index contributed by atoms with van der Waals surface area (Å²) in [6.45, 7) is 1.88. The van der Waals surface area contributed by atoms with Gasteiger partial charge in [0.15, 0.2) is 11.0 Å². The smallest absolute Gasteiger partial charge is 0.257 e. The highest BCUT2D eigenvalue weighted by Gasteiger charge is 2.53. The highest BCUT2D eigenvalue weighted by molar-refractivity contribution is 8.14. The Bertz CT molecular complexity index is 1080. The lowest BCUT2D eigenvalue weighted by atomic mass is 9.93. The summed E-state index contributed by atoms with van der Waals surface area (Å²) in [6, 6.07) is 11.1. The van der Waals surface area contributed by atoms with E-state index in [9.17, 15) is 9.18 Å². The fourth-order valence-electron chi connectivity index (χ4n) is 3.82. The quantitative estimate of drug-likeness (QED) is 0.674. The average Bonchev–Trinajstić information content (AvgIpc) is 3.43. The van der Waals surface area contributed by atoms with Crippen LogP contribution in [-0.4, -0.2) is 45.1 Å². The maximum atomic E-state index is 13.3. The third kappa shape index (κ3) is 3.46. The van der Waals surface area contributed by atoms with Crippen molar-refractivity contribution in [2.75, 3.05) is 24.5 Å². The standard InChI is InChI=1S/C20H17FN6OS2/c21-15-9-22-18(23-10-15)27-11-14-8-24-19(26-17(28)13-4-2-1-3-5-13)29-20(14,12-27)16-6-7-25-30-16/h1-7,9-10,14H,8,11-12H2,(H,24,26,28)/t14-,20-/m0/s1. The molecule has 2 aromatic heterocycles. The third-order valence-corrected chi connectivity index (χ3v) is 7.79. The van der Waals surface area contributed by atoms with Gasteiger partial charge in [-0.1, -0.05) is 30.0 Å². The Morgan fingerprint density at radius 3 is 2.73 bits per heavy atom. The molecule has 1 amide bonds. The van der Waals surface area contributed by atoms with Crippen LogP contribution in [0.25, 0.3) is 0 Å². The first-order valence-electron chi connectivity index (χ1n) is 9.37. The predicted molar refractivity (Wildman–Crippen MR) is 115 cm³/mol. The minimum atomic E-state index is -0.462. The predicted octanol–water partition coefficient (Wildman–Crippen LogP) is 2.94.